The van der Waals surface area contributed by atoms with Gasteiger partial charge in [0.25, 0.3) is 0 Å². The van der Waals surface area contributed by atoms with E-state index in [1.54, 1.807) is 7.11 Å². The summed E-state index contributed by atoms with van der Waals surface area (Å²) in [6, 6.07) is 10.3. The Hall–Kier alpha value is -1.61. The lowest BCUT2D eigenvalue weighted by molar-refractivity contribution is 0.419. The van der Waals surface area contributed by atoms with Crippen LogP contribution in [0.2, 0.25) is 0 Å². The van der Waals surface area contributed by atoms with Gasteiger partial charge in [0.1, 0.15) is 11.3 Å². The van der Waals surface area contributed by atoms with E-state index in [4.69, 9.17) is 10.5 Å². The first-order valence-corrected chi connectivity index (χ1v) is 5.89. The summed E-state index contributed by atoms with van der Waals surface area (Å²) in [6.07, 6.45) is 1.86. The molecule has 0 aliphatic carbocycles. The third-order valence-corrected chi connectivity index (χ3v) is 2.82. The van der Waals surface area contributed by atoms with E-state index >= 15 is 0 Å². The van der Waals surface area contributed by atoms with E-state index < -0.39 is 0 Å². The van der Waals surface area contributed by atoms with Gasteiger partial charge in [0.05, 0.1) is 7.11 Å². The summed E-state index contributed by atoms with van der Waals surface area (Å²) >= 11 is 0. The summed E-state index contributed by atoms with van der Waals surface area (Å²) in [4.78, 5) is 4.64. The highest BCUT2D eigenvalue weighted by molar-refractivity contribution is 5.84. The van der Waals surface area contributed by atoms with Crippen LogP contribution in [0.1, 0.15) is 19.0 Å². The van der Waals surface area contributed by atoms with Gasteiger partial charge in [-0.1, -0.05) is 18.2 Å². The number of methoxy groups -OCH3 is 1. The zero-order chi connectivity index (χ0) is 12.3. The molecule has 0 aliphatic heterocycles. The molecule has 90 valence electrons. The quantitative estimate of drug-likeness (QED) is 0.878. The fourth-order valence-corrected chi connectivity index (χ4v) is 1.84. The van der Waals surface area contributed by atoms with Crippen LogP contribution in [0.5, 0.6) is 5.75 Å². The number of rotatable bonds is 4. The number of aromatic nitrogens is 1. The summed E-state index contributed by atoms with van der Waals surface area (Å²) in [5.74, 6) is 0.824. The lowest BCUT2D eigenvalue weighted by Crippen LogP contribution is -2.15. The van der Waals surface area contributed by atoms with E-state index in [9.17, 15) is 0 Å². The fraction of sp³-hybridized carbons (Fsp3) is 0.357. The van der Waals surface area contributed by atoms with Crippen molar-refractivity contribution < 1.29 is 4.74 Å². The van der Waals surface area contributed by atoms with Gasteiger partial charge in [-0.25, -0.2) is 4.98 Å². The maximum absolute atomic E-state index is 5.76. The molecule has 3 nitrogen and oxygen atoms in total. The zero-order valence-corrected chi connectivity index (χ0v) is 10.3. The molecule has 2 N–H and O–H groups in total. The van der Waals surface area contributed by atoms with Gasteiger partial charge in [-0.15, -0.1) is 0 Å². The van der Waals surface area contributed by atoms with Gasteiger partial charge in [0, 0.05) is 17.1 Å². The van der Waals surface area contributed by atoms with E-state index in [1.807, 2.05) is 25.1 Å². The first-order valence-electron chi connectivity index (χ1n) is 5.89. The third kappa shape index (κ3) is 2.74. The molecular formula is C14H18N2O. The van der Waals surface area contributed by atoms with Crippen LogP contribution in [0.4, 0.5) is 0 Å². The van der Waals surface area contributed by atoms with Crippen molar-refractivity contribution in [2.24, 2.45) is 5.73 Å². The molecule has 2 rings (SSSR count). The number of nitrogens with zero attached hydrogens (tertiary/aromatic N) is 1. The predicted octanol–water partition coefficient (Wildman–Crippen LogP) is 2.52. The smallest absolute Gasteiger partial charge is 0.145 e. The Bertz CT molecular complexity index is 509. The Labute approximate surface area is 102 Å². The largest absolute Gasteiger partial charge is 0.494 e. The molecular weight excluding hydrogens is 212 g/mol. The second kappa shape index (κ2) is 5.15. The monoisotopic (exact) mass is 230 g/mol. The number of hydrogen-bond acceptors (Lipinski definition) is 3. The Balaban J connectivity index is 2.34. The van der Waals surface area contributed by atoms with Gasteiger partial charge in [0.15, 0.2) is 0 Å². The molecule has 2 aromatic rings. The Morgan fingerprint density at radius 3 is 2.82 bits per heavy atom. The lowest BCUT2D eigenvalue weighted by Gasteiger charge is -2.08. The molecule has 0 amide bonds. The van der Waals surface area contributed by atoms with Gasteiger partial charge in [-0.3, -0.25) is 0 Å². The number of para-hydroxylation sites is 1. The molecule has 0 radical (unpaired) electrons. The number of fused-ring (bicyclic) bond motifs is 1. The Morgan fingerprint density at radius 1 is 1.29 bits per heavy atom. The number of benzene rings is 1. The minimum absolute atomic E-state index is 0.213. The predicted molar refractivity (Wildman–Crippen MR) is 70.3 cm³/mol. The van der Waals surface area contributed by atoms with Crippen LogP contribution in [0.15, 0.2) is 30.3 Å². The van der Waals surface area contributed by atoms with Gasteiger partial charge >= 0.3 is 0 Å². The van der Waals surface area contributed by atoms with Crippen LogP contribution >= 0.6 is 0 Å². The van der Waals surface area contributed by atoms with E-state index in [2.05, 4.69) is 17.1 Å². The van der Waals surface area contributed by atoms with Crippen molar-refractivity contribution in [1.82, 2.24) is 4.98 Å². The summed E-state index contributed by atoms with van der Waals surface area (Å²) in [6.45, 7) is 2.02. The maximum atomic E-state index is 5.76. The van der Waals surface area contributed by atoms with Crippen LogP contribution in [0.25, 0.3) is 10.9 Å². The maximum Gasteiger partial charge on any atom is 0.145 e. The van der Waals surface area contributed by atoms with Gasteiger partial charge in [-0.2, -0.15) is 0 Å². The molecule has 1 aromatic heterocycles. The Morgan fingerprint density at radius 2 is 2.12 bits per heavy atom. The number of ether oxygens (including phenoxy) is 1. The molecule has 17 heavy (non-hydrogen) atoms. The second-order valence-corrected chi connectivity index (χ2v) is 4.35. The van der Waals surface area contributed by atoms with Crippen molar-refractivity contribution in [3.63, 3.8) is 0 Å². The molecule has 3 heteroatoms. The minimum Gasteiger partial charge on any atom is -0.494 e. The average Bonchev–Trinajstić information content (AvgIpc) is 2.35. The van der Waals surface area contributed by atoms with E-state index in [-0.39, 0.29) is 6.04 Å². The lowest BCUT2D eigenvalue weighted by atomic mass is 10.1. The second-order valence-electron chi connectivity index (χ2n) is 4.35. The fourth-order valence-electron chi connectivity index (χ4n) is 1.84. The van der Waals surface area contributed by atoms with Crippen LogP contribution < -0.4 is 10.5 Å². The van der Waals surface area contributed by atoms with Crippen molar-refractivity contribution in [2.45, 2.75) is 25.8 Å². The molecule has 0 aliphatic rings. The van der Waals surface area contributed by atoms with E-state index in [0.29, 0.717) is 0 Å². The van der Waals surface area contributed by atoms with Crippen LogP contribution in [0.3, 0.4) is 0 Å². The van der Waals surface area contributed by atoms with Gasteiger partial charge in [0.2, 0.25) is 0 Å². The van der Waals surface area contributed by atoms with Crippen molar-refractivity contribution in [2.75, 3.05) is 7.11 Å². The molecule has 1 atom stereocenters. The van der Waals surface area contributed by atoms with Gasteiger partial charge in [-0.05, 0) is 31.9 Å². The molecule has 1 aromatic carbocycles. The topological polar surface area (TPSA) is 48.1 Å². The number of nitrogens with two attached hydrogens (primary N) is 1. The number of aryl methyl sites for hydroxylation is 1. The Kier molecular flexibility index (Phi) is 3.59. The van der Waals surface area contributed by atoms with Crippen molar-refractivity contribution in [3.8, 4) is 5.75 Å². The number of hydrogen-bond donors (Lipinski definition) is 1. The minimum atomic E-state index is 0.213. The third-order valence-electron chi connectivity index (χ3n) is 2.82. The number of pyridine rings is 1. The van der Waals surface area contributed by atoms with Crippen molar-refractivity contribution in [1.29, 1.82) is 0 Å². The summed E-state index contributed by atoms with van der Waals surface area (Å²) in [5.41, 5.74) is 7.75. The summed E-state index contributed by atoms with van der Waals surface area (Å²) < 4.78 is 5.32. The molecule has 0 spiro atoms. The van der Waals surface area contributed by atoms with Crippen molar-refractivity contribution in [3.05, 3.63) is 36.0 Å². The van der Waals surface area contributed by atoms with E-state index in [1.165, 1.54) is 0 Å². The van der Waals surface area contributed by atoms with Crippen LogP contribution in [0, 0.1) is 0 Å². The summed E-state index contributed by atoms with van der Waals surface area (Å²) in [7, 11) is 1.67. The molecule has 0 saturated carbocycles. The first kappa shape index (κ1) is 11.9. The molecule has 0 fully saturated rings. The van der Waals surface area contributed by atoms with Crippen LogP contribution in [-0.4, -0.2) is 18.1 Å². The standard InChI is InChI=1S/C14H18N2O/c1-10(15)6-8-12-9-7-11-4-3-5-13(17-2)14(11)16-12/h3-5,7,9-10H,6,8,15H2,1-2H3. The van der Waals surface area contributed by atoms with Crippen molar-refractivity contribution >= 4 is 10.9 Å². The molecule has 0 saturated heterocycles. The molecule has 1 heterocycles. The molecule has 1 unspecified atom stereocenters. The SMILES string of the molecule is COc1cccc2ccc(CCC(C)N)nc12. The highest BCUT2D eigenvalue weighted by Gasteiger charge is 2.04. The first-order chi connectivity index (χ1) is 8.20. The normalized spacial score (nSPS) is 12.6. The molecule has 0 bridgehead atoms. The van der Waals surface area contributed by atoms with E-state index in [0.717, 1.165) is 35.2 Å². The highest BCUT2D eigenvalue weighted by Crippen LogP contribution is 2.23. The van der Waals surface area contributed by atoms with Crippen LogP contribution in [-0.2, 0) is 6.42 Å². The zero-order valence-electron chi connectivity index (χ0n) is 10.3. The van der Waals surface area contributed by atoms with Gasteiger partial charge < -0.3 is 10.5 Å². The average molecular weight is 230 g/mol. The highest BCUT2D eigenvalue weighted by atomic mass is 16.5. The summed E-state index contributed by atoms with van der Waals surface area (Å²) in [5, 5.41) is 1.11.